The molecule has 1 N–H and O–H groups in total. The number of hydrogen-bond donors (Lipinski definition) is 1. The Hall–Kier alpha value is -2.71. The van der Waals surface area contributed by atoms with Crippen molar-refractivity contribution in [3.63, 3.8) is 0 Å². The monoisotopic (exact) mass is 591 g/mol. The summed E-state index contributed by atoms with van der Waals surface area (Å²) in [5.41, 5.74) is 1.70. The number of alkyl halides is 5. The normalized spacial score (nSPS) is 12.9. The Bertz CT molecular complexity index is 1600. The van der Waals surface area contributed by atoms with Crippen molar-refractivity contribution in [2.45, 2.75) is 54.3 Å². The highest BCUT2D eigenvalue weighted by Crippen LogP contribution is 2.42. The fraction of sp³-hybridized carbons (Fsp3) is 0.333. The minimum Gasteiger partial charge on any atom is -0.261 e. The van der Waals surface area contributed by atoms with E-state index < -0.39 is 34.2 Å². The Balaban J connectivity index is 1.67. The van der Waals surface area contributed by atoms with E-state index in [-0.39, 0.29) is 35.0 Å². The molecule has 0 unspecified atom stereocenters. The molecule has 0 aromatic heterocycles. The topological polar surface area (TPSA) is 81.1 Å². The van der Waals surface area contributed by atoms with E-state index in [0.717, 1.165) is 22.9 Å². The number of hydrogen-bond acceptors (Lipinski definition) is 6. The van der Waals surface area contributed by atoms with Crippen LogP contribution >= 0.6 is 23.1 Å². The predicted molar refractivity (Wildman–Crippen MR) is 139 cm³/mol. The zero-order valence-electron chi connectivity index (χ0n) is 20.1. The highest BCUT2D eigenvalue weighted by atomic mass is 32.2. The molecule has 6 nitrogen and oxygen atoms in total. The molecule has 0 spiro atoms. The third-order valence-electron chi connectivity index (χ3n) is 5.69. The van der Waals surface area contributed by atoms with Crippen LogP contribution in [0.1, 0.15) is 30.4 Å². The van der Waals surface area contributed by atoms with E-state index in [1.54, 1.807) is 31.2 Å². The Morgan fingerprint density at radius 2 is 1.66 bits per heavy atom. The van der Waals surface area contributed by atoms with Crippen molar-refractivity contribution in [1.82, 2.24) is 9.55 Å². The molecule has 38 heavy (non-hydrogen) atoms. The number of halogens is 5. The molecule has 0 saturated carbocycles. The first kappa shape index (κ1) is 28.3. The number of sulfonamides is 1. The van der Waals surface area contributed by atoms with Crippen LogP contribution in [0.2, 0.25) is 0 Å². The van der Waals surface area contributed by atoms with Crippen molar-refractivity contribution < 1.29 is 30.4 Å². The average molecular weight is 592 g/mol. The third kappa shape index (κ3) is 5.81. The van der Waals surface area contributed by atoms with E-state index >= 15 is 0 Å². The van der Waals surface area contributed by atoms with Crippen LogP contribution in [0.3, 0.4) is 0 Å². The van der Waals surface area contributed by atoms with Gasteiger partial charge >= 0.3 is 17.8 Å². The lowest BCUT2D eigenvalue weighted by molar-refractivity contribution is -0.284. The van der Waals surface area contributed by atoms with Crippen molar-refractivity contribution in [2.75, 3.05) is 10.5 Å². The lowest BCUT2D eigenvalue weighted by atomic mass is 10.1. The van der Waals surface area contributed by atoms with Crippen LogP contribution in [0.25, 0.3) is 15.9 Å². The van der Waals surface area contributed by atoms with Gasteiger partial charge in [0.15, 0.2) is 5.82 Å². The van der Waals surface area contributed by atoms with Crippen molar-refractivity contribution in [1.29, 1.82) is 0 Å². The molecule has 0 fully saturated rings. The molecule has 0 saturated heterocycles. The minimum atomic E-state index is -5.60. The zero-order valence-corrected chi connectivity index (χ0v) is 22.6. The molecule has 0 amide bonds. The zero-order chi connectivity index (χ0) is 27.9. The van der Waals surface area contributed by atoms with Gasteiger partial charge in [0.2, 0.25) is 0 Å². The molecule has 0 bridgehead atoms. The van der Waals surface area contributed by atoms with E-state index in [9.17, 15) is 35.2 Å². The van der Waals surface area contributed by atoms with E-state index in [0.29, 0.717) is 14.4 Å². The first-order chi connectivity index (χ1) is 17.7. The van der Waals surface area contributed by atoms with E-state index in [1.165, 1.54) is 28.0 Å². The van der Waals surface area contributed by atoms with Crippen LogP contribution < -0.4 is 10.4 Å². The van der Waals surface area contributed by atoms with E-state index in [2.05, 4.69) is 9.71 Å². The number of benzene rings is 2. The molecule has 14 heteroatoms. The SMILES string of the molecule is Cc1ccc(S(=O)(=O)Nc2nc(=O)n3c4cc(C)ccc4sc(SCCCCC(F)(F)C(F)(F)F)c2-3)cc1. The number of nitrogens with one attached hydrogen (secondary N) is 1. The maximum atomic E-state index is 13.2. The van der Waals surface area contributed by atoms with Crippen molar-refractivity contribution in [2.24, 2.45) is 0 Å². The molecule has 2 aliphatic rings. The van der Waals surface area contributed by atoms with Crippen molar-refractivity contribution >= 4 is 49.2 Å². The second-order valence-corrected chi connectivity index (χ2v) is 12.8. The summed E-state index contributed by atoms with van der Waals surface area (Å²) in [4.78, 5) is 16.9. The molecular weight excluding hydrogens is 569 g/mol. The van der Waals surface area contributed by atoms with Gasteiger partial charge in [0.05, 0.1) is 19.3 Å². The summed E-state index contributed by atoms with van der Waals surface area (Å²) >= 11 is 2.38. The van der Waals surface area contributed by atoms with Gasteiger partial charge in [-0.25, -0.2) is 13.2 Å². The summed E-state index contributed by atoms with van der Waals surface area (Å²) in [6.45, 7) is 3.64. The fourth-order valence-electron chi connectivity index (χ4n) is 3.68. The Labute approximate surface area is 223 Å². The summed E-state index contributed by atoms with van der Waals surface area (Å²) < 4.78 is 94.7. The van der Waals surface area contributed by atoms with Crippen LogP contribution in [-0.4, -0.2) is 35.8 Å². The number of aryl methyl sites for hydroxylation is 2. The summed E-state index contributed by atoms with van der Waals surface area (Å²) in [5.74, 6) is -4.79. The van der Waals surface area contributed by atoms with Gasteiger partial charge in [-0.1, -0.05) is 23.8 Å². The number of nitrogens with zero attached hydrogens (tertiary/aromatic N) is 2. The van der Waals surface area contributed by atoms with Crippen LogP contribution in [0.15, 0.2) is 56.4 Å². The highest BCUT2D eigenvalue weighted by molar-refractivity contribution is 8.01. The molecule has 2 aliphatic heterocycles. The lowest BCUT2D eigenvalue weighted by Gasteiger charge is -2.19. The summed E-state index contributed by atoms with van der Waals surface area (Å²) in [5, 5.41) is 0. The van der Waals surface area contributed by atoms with Gasteiger partial charge in [0.25, 0.3) is 10.0 Å². The second kappa shape index (κ2) is 10.5. The number of anilines is 1. The van der Waals surface area contributed by atoms with Gasteiger partial charge in [-0.05, 0) is 62.3 Å². The van der Waals surface area contributed by atoms with Crippen molar-refractivity contribution in [3.8, 4) is 5.69 Å². The number of imidazole rings is 1. The molecule has 0 atom stereocenters. The van der Waals surface area contributed by atoms with Gasteiger partial charge in [0, 0.05) is 6.42 Å². The summed E-state index contributed by atoms with van der Waals surface area (Å²) in [6, 6.07) is 11.5. The Morgan fingerprint density at radius 3 is 2.32 bits per heavy atom. The number of fused-ring (bicyclic) bond motifs is 3. The van der Waals surface area contributed by atoms with Gasteiger partial charge in [-0.2, -0.15) is 26.9 Å². The maximum Gasteiger partial charge on any atom is 0.453 e. The average Bonchev–Trinajstić information content (AvgIpc) is 3.14. The van der Waals surface area contributed by atoms with E-state index in [4.69, 9.17) is 0 Å². The number of rotatable bonds is 9. The molecule has 0 radical (unpaired) electrons. The van der Waals surface area contributed by atoms with Crippen molar-refractivity contribution in [3.05, 3.63) is 64.1 Å². The minimum absolute atomic E-state index is 0.0307. The first-order valence-electron chi connectivity index (χ1n) is 11.3. The number of aromatic nitrogens is 2. The molecular formula is C24H22F5N3O3S3. The van der Waals surface area contributed by atoms with Crippen LogP contribution in [0, 0.1) is 13.8 Å². The van der Waals surface area contributed by atoms with Gasteiger partial charge in [0.1, 0.15) is 5.69 Å². The largest absolute Gasteiger partial charge is 0.453 e. The van der Waals surface area contributed by atoms with Gasteiger partial charge < -0.3 is 0 Å². The van der Waals surface area contributed by atoms with Crippen LogP contribution in [0.5, 0.6) is 0 Å². The standard InChI is InChI=1S/C24H22F5N3O3S3/c1-14-5-8-16(9-6-14)38(34,35)31-20-19-21(36-12-4-3-11-23(25,26)24(27,28)29)37-18-10-7-15(2)13-17(18)32(19)22(33)30-20/h5-10,13H,3-4,11-12H2,1-2H3,(H,30,31,33). The molecule has 2 heterocycles. The third-order valence-corrected chi connectivity index (χ3v) is 9.54. The lowest BCUT2D eigenvalue weighted by Crippen LogP contribution is -2.36. The molecule has 0 aliphatic carbocycles. The summed E-state index contributed by atoms with van der Waals surface area (Å²) in [7, 11) is -4.11. The number of thioether (sulfide) groups is 1. The summed E-state index contributed by atoms with van der Waals surface area (Å²) in [6.07, 6.45) is -7.25. The van der Waals surface area contributed by atoms with Crippen LogP contribution in [0.4, 0.5) is 27.8 Å². The number of unbranched alkanes of at least 4 members (excludes halogenated alkanes) is 1. The Kier molecular flexibility index (Phi) is 7.79. The van der Waals surface area contributed by atoms with Gasteiger partial charge in [-0.15, -0.1) is 23.1 Å². The second-order valence-electron chi connectivity index (χ2n) is 8.71. The first-order valence-corrected chi connectivity index (χ1v) is 14.6. The fourth-order valence-corrected chi connectivity index (χ4v) is 7.17. The Morgan fingerprint density at radius 1 is 1.00 bits per heavy atom. The molecule has 2 aromatic carbocycles. The molecule has 204 valence electrons. The van der Waals surface area contributed by atoms with Gasteiger partial charge in [-0.3, -0.25) is 9.29 Å². The molecule has 2 aromatic rings. The smallest absolute Gasteiger partial charge is 0.261 e. The maximum absolute atomic E-state index is 13.2. The molecule has 4 rings (SSSR count). The highest BCUT2D eigenvalue weighted by Gasteiger charge is 2.56. The van der Waals surface area contributed by atoms with Crippen LogP contribution in [-0.2, 0) is 10.0 Å². The quantitative estimate of drug-likeness (QED) is 0.132. The predicted octanol–water partition coefficient (Wildman–Crippen LogP) is 6.76. The van der Waals surface area contributed by atoms with E-state index in [1.807, 2.05) is 13.0 Å².